The fourth-order valence-electron chi connectivity index (χ4n) is 2.91. The number of hydrogen-bond acceptors (Lipinski definition) is 5. The van der Waals surface area contributed by atoms with Gasteiger partial charge in [-0.25, -0.2) is 0 Å². The van der Waals surface area contributed by atoms with Crippen molar-refractivity contribution in [2.24, 2.45) is 0 Å². The molecule has 2 heterocycles. The molecule has 0 saturated carbocycles. The second-order valence-electron chi connectivity index (χ2n) is 7.95. The van der Waals surface area contributed by atoms with E-state index >= 15 is 0 Å². The van der Waals surface area contributed by atoms with Crippen molar-refractivity contribution >= 4 is 17.5 Å². The molecule has 0 unspecified atom stereocenters. The molecule has 3 rings (SSSR count). The number of carbonyl (C=O) groups is 1. The molecule has 0 atom stereocenters. The monoisotopic (exact) mass is 397 g/mol. The minimum atomic E-state index is 0.109. The Morgan fingerprint density at radius 3 is 2.50 bits per heavy atom. The van der Waals surface area contributed by atoms with Gasteiger partial charge in [-0.15, -0.1) is 10.2 Å². The zero-order chi connectivity index (χ0) is 20.1. The van der Waals surface area contributed by atoms with Gasteiger partial charge in [0, 0.05) is 17.7 Å². The summed E-state index contributed by atoms with van der Waals surface area (Å²) in [6, 6.07) is 12.4. The highest BCUT2D eigenvalue weighted by Crippen LogP contribution is 2.28. The Kier molecular flexibility index (Phi) is 6.39. The van der Waals surface area contributed by atoms with Crippen LogP contribution in [0.4, 0.5) is 0 Å². The lowest BCUT2D eigenvalue weighted by Gasteiger charge is -2.19. The van der Waals surface area contributed by atoms with Gasteiger partial charge in [0.2, 0.25) is 0 Å². The molecule has 0 aliphatic rings. The van der Waals surface area contributed by atoms with E-state index in [2.05, 4.69) is 59.8 Å². The summed E-state index contributed by atoms with van der Waals surface area (Å²) in [6.07, 6.45) is 3.11. The van der Waals surface area contributed by atoms with Gasteiger partial charge in [0.15, 0.2) is 11.0 Å². The Hall–Kier alpha value is -2.34. The fourth-order valence-corrected chi connectivity index (χ4v) is 3.79. The van der Waals surface area contributed by atoms with Crippen molar-refractivity contribution in [1.29, 1.82) is 0 Å². The molecule has 5 nitrogen and oxygen atoms in total. The van der Waals surface area contributed by atoms with Crippen LogP contribution in [0.25, 0.3) is 11.4 Å². The number of Topliss-reactive ketones (excluding diaryl/α,β-unsaturated/α-hetero) is 1. The Morgan fingerprint density at radius 2 is 1.89 bits per heavy atom. The molecule has 3 aromatic rings. The van der Waals surface area contributed by atoms with Gasteiger partial charge < -0.3 is 9.21 Å². The molecular weight excluding hydrogens is 370 g/mol. The number of ketones is 1. The van der Waals surface area contributed by atoms with Crippen LogP contribution in [0, 0.1) is 0 Å². The van der Waals surface area contributed by atoms with E-state index in [0.717, 1.165) is 34.5 Å². The van der Waals surface area contributed by atoms with Crippen LogP contribution in [0.5, 0.6) is 0 Å². The standard InChI is InChI=1S/C22H27N3O2S/c1-16(26)7-6-14-28-21-24-23-20(25(21)15-19-8-5-13-27-19)17-9-11-18(12-10-17)22(2,3)4/h5,8-13H,6-7,14-15H2,1-4H3. The molecule has 28 heavy (non-hydrogen) atoms. The van der Waals surface area contributed by atoms with Gasteiger partial charge in [-0.1, -0.05) is 56.8 Å². The lowest BCUT2D eigenvalue weighted by atomic mass is 9.87. The molecule has 0 aliphatic carbocycles. The molecule has 6 heteroatoms. The summed E-state index contributed by atoms with van der Waals surface area (Å²) in [4.78, 5) is 11.2. The number of aromatic nitrogens is 3. The quantitative estimate of drug-likeness (QED) is 0.379. The van der Waals surface area contributed by atoms with E-state index in [1.807, 2.05) is 12.1 Å². The van der Waals surface area contributed by atoms with Crippen molar-refractivity contribution in [2.45, 2.75) is 57.7 Å². The highest BCUT2D eigenvalue weighted by atomic mass is 32.2. The maximum Gasteiger partial charge on any atom is 0.191 e. The van der Waals surface area contributed by atoms with E-state index in [1.54, 1.807) is 24.9 Å². The topological polar surface area (TPSA) is 60.9 Å². The van der Waals surface area contributed by atoms with Gasteiger partial charge >= 0.3 is 0 Å². The van der Waals surface area contributed by atoms with E-state index in [-0.39, 0.29) is 11.2 Å². The molecule has 2 aromatic heterocycles. The van der Waals surface area contributed by atoms with Crippen LogP contribution in [0.1, 0.15) is 51.9 Å². The van der Waals surface area contributed by atoms with Crippen LogP contribution in [-0.2, 0) is 16.8 Å². The summed E-state index contributed by atoms with van der Waals surface area (Å²) in [5, 5.41) is 9.71. The Bertz CT molecular complexity index is 906. The predicted molar refractivity (Wildman–Crippen MR) is 113 cm³/mol. The highest BCUT2D eigenvalue weighted by Gasteiger charge is 2.18. The third-order valence-corrected chi connectivity index (χ3v) is 5.58. The summed E-state index contributed by atoms with van der Waals surface area (Å²) in [5.74, 6) is 2.74. The highest BCUT2D eigenvalue weighted by molar-refractivity contribution is 7.99. The number of benzene rings is 1. The first kappa shape index (κ1) is 20.4. The predicted octanol–water partition coefficient (Wildman–Crippen LogP) is 5.35. The molecule has 0 spiro atoms. The maximum atomic E-state index is 11.2. The number of carbonyl (C=O) groups excluding carboxylic acids is 1. The number of thioether (sulfide) groups is 1. The Labute approximate surface area is 170 Å². The summed E-state index contributed by atoms with van der Waals surface area (Å²) >= 11 is 1.63. The van der Waals surface area contributed by atoms with E-state index in [1.165, 1.54) is 5.56 Å². The van der Waals surface area contributed by atoms with Crippen molar-refractivity contribution in [3.63, 3.8) is 0 Å². The zero-order valence-corrected chi connectivity index (χ0v) is 17.8. The van der Waals surface area contributed by atoms with Gasteiger partial charge in [0.05, 0.1) is 12.8 Å². The minimum absolute atomic E-state index is 0.109. The van der Waals surface area contributed by atoms with Crippen LogP contribution >= 0.6 is 11.8 Å². The summed E-state index contributed by atoms with van der Waals surface area (Å²) < 4.78 is 7.63. The Morgan fingerprint density at radius 1 is 1.14 bits per heavy atom. The summed E-state index contributed by atoms with van der Waals surface area (Å²) in [5.41, 5.74) is 2.42. The average molecular weight is 398 g/mol. The summed E-state index contributed by atoms with van der Waals surface area (Å²) in [7, 11) is 0. The fraction of sp³-hybridized carbons (Fsp3) is 0.409. The molecule has 148 valence electrons. The first-order valence-electron chi connectivity index (χ1n) is 9.53. The second kappa shape index (κ2) is 8.78. The molecule has 0 fully saturated rings. The molecule has 0 radical (unpaired) electrons. The molecule has 0 N–H and O–H groups in total. The molecule has 0 saturated heterocycles. The average Bonchev–Trinajstić information content (AvgIpc) is 3.29. The molecule has 0 aliphatic heterocycles. The van der Waals surface area contributed by atoms with Crippen LogP contribution in [-0.4, -0.2) is 26.3 Å². The second-order valence-corrected chi connectivity index (χ2v) is 9.02. The van der Waals surface area contributed by atoms with Crippen LogP contribution in [0.2, 0.25) is 0 Å². The SMILES string of the molecule is CC(=O)CCCSc1nnc(-c2ccc(C(C)(C)C)cc2)n1Cc1ccco1. The van der Waals surface area contributed by atoms with Gasteiger partial charge in [-0.2, -0.15) is 0 Å². The van der Waals surface area contributed by atoms with Crippen molar-refractivity contribution in [3.05, 3.63) is 54.0 Å². The first-order valence-corrected chi connectivity index (χ1v) is 10.5. The van der Waals surface area contributed by atoms with E-state index in [0.29, 0.717) is 13.0 Å². The maximum absolute atomic E-state index is 11.2. The smallest absolute Gasteiger partial charge is 0.191 e. The first-order chi connectivity index (χ1) is 13.3. The third-order valence-electron chi connectivity index (χ3n) is 4.52. The normalized spacial score (nSPS) is 11.7. The summed E-state index contributed by atoms with van der Waals surface area (Å²) in [6.45, 7) is 8.82. The lowest BCUT2D eigenvalue weighted by Crippen LogP contribution is -2.10. The van der Waals surface area contributed by atoms with Crippen molar-refractivity contribution < 1.29 is 9.21 Å². The zero-order valence-electron chi connectivity index (χ0n) is 16.9. The van der Waals surface area contributed by atoms with E-state index in [4.69, 9.17) is 4.42 Å². The van der Waals surface area contributed by atoms with Crippen LogP contribution in [0.15, 0.2) is 52.2 Å². The number of nitrogens with zero attached hydrogens (tertiary/aromatic N) is 3. The van der Waals surface area contributed by atoms with Gasteiger partial charge in [-0.3, -0.25) is 4.57 Å². The number of hydrogen-bond donors (Lipinski definition) is 0. The van der Waals surface area contributed by atoms with E-state index < -0.39 is 0 Å². The lowest BCUT2D eigenvalue weighted by molar-refractivity contribution is -0.117. The van der Waals surface area contributed by atoms with Crippen molar-refractivity contribution in [1.82, 2.24) is 14.8 Å². The van der Waals surface area contributed by atoms with Gasteiger partial charge in [-0.05, 0) is 36.5 Å². The molecular formula is C22H27N3O2S. The molecule has 1 aromatic carbocycles. The van der Waals surface area contributed by atoms with Crippen LogP contribution < -0.4 is 0 Å². The molecule has 0 bridgehead atoms. The number of rotatable bonds is 8. The number of furan rings is 1. The van der Waals surface area contributed by atoms with Crippen molar-refractivity contribution in [3.8, 4) is 11.4 Å². The van der Waals surface area contributed by atoms with E-state index in [9.17, 15) is 4.79 Å². The van der Waals surface area contributed by atoms with Gasteiger partial charge in [0.1, 0.15) is 11.5 Å². The minimum Gasteiger partial charge on any atom is -0.467 e. The van der Waals surface area contributed by atoms with Crippen LogP contribution in [0.3, 0.4) is 0 Å². The molecule has 0 amide bonds. The Balaban J connectivity index is 1.86. The van der Waals surface area contributed by atoms with Crippen molar-refractivity contribution in [2.75, 3.05) is 5.75 Å². The van der Waals surface area contributed by atoms with Gasteiger partial charge in [0.25, 0.3) is 0 Å². The third kappa shape index (κ3) is 5.13. The largest absolute Gasteiger partial charge is 0.467 e.